The van der Waals surface area contributed by atoms with Crippen LogP contribution in [0.25, 0.3) is 135 Å². The molecule has 0 aliphatic carbocycles. The molecule has 2 aromatic heterocycles. The van der Waals surface area contributed by atoms with Crippen LogP contribution in [0.15, 0.2) is 237 Å². The quantitative estimate of drug-likeness (QED) is 0.152. The molecule has 0 saturated carbocycles. The SMILES string of the molecule is c1ccc(-c2c3ccccc3c(-c3cccc4c3sc3ccc(-c5c6ccccc6c(-c6cccc7c6c6ccccc6n7-c6ccccc6)c6ccccc56)cc34)c3ccccc23)cc1. The molecule has 0 aliphatic heterocycles. The van der Waals surface area contributed by atoms with E-state index in [0.717, 1.165) is 5.69 Å². The zero-order valence-corrected chi connectivity index (χ0v) is 36.7. The molecule has 14 rings (SSSR count). The van der Waals surface area contributed by atoms with Crippen molar-refractivity contribution in [3.8, 4) is 50.2 Å². The molecule has 12 aromatic carbocycles. The number of fused-ring (bicyclic) bond motifs is 10. The van der Waals surface area contributed by atoms with E-state index in [1.807, 2.05) is 11.3 Å². The van der Waals surface area contributed by atoms with Gasteiger partial charge >= 0.3 is 0 Å². The van der Waals surface area contributed by atoms with Gasteiger partial charge in [0.15, 0.2) is 0 Å². The highest BCUT2D eigenvalue weighted by molar-refractivity contribution is 7.26. The molecule has 0 fully saturated rings. The van der Waals surface area contributed by atoms with Gasteiger partial charge in [0, 0.05) is 42.2 Å². The zero-order chi connectivity index (χ0) is 43.3. The van der Waals surface area contributed by atoms with Crippen LogP contribution in [0.4, 0.5) is 0 Å². The monoisotopic (exact) mass is 853 g/mol. The highest BCUT2D eigenvalue weighted by Gasteiger charge is 2.23. The Morgan fingerprint density at radius 3 is 1.32 bits per heavy atom. The van der Waals surface area contributed by atoms with E-state index in [9.17, 15) is 0 Å². The molecule has 306 valence electrons. The van der Waals surface area contributed by atoms with Gasteiger partial charge in [-0.1, -0.05) is 200 Å². The van der Waals surface area contributed by atoms with Gasteiger partial charge < -0.3 is 4.57 Å². The Balaban J connectivity index is 1.01. The van der Waals surface area contributed by atoms with E-state index in [1.54, 1.807) is 0 Å². The molecule has 2 heterocycles. The van der Waals surface area contributed by atoms with Crippen molar-refractivity contribution in [2.45, 2.75) is 0 Å². The summed E-state index contributed by atoms with van der Waals surface area (Å²) < 4.78 is 5.03. The van der Waals surface area contributed by atoms with E-state index < -0.39 is 0 Å². The summed E-state index contributed by atoms with van der Waals surface area (Å²) in [6.45, 7) is 0. The fourth-order valence-electron chi connectivity index (χ4n) is 11.3. The van der Waals surface area contributed by atoms with E-state index in [2.05, 4.69) is 241 Å². The number of thiophene rings is 1. The molecule has 14 aromatic rings. The van der Waals surface area contributed by atoms with E-state index in [4.69, 9.17) is 0 Å². The Bertz CT molecular complexity index is 4160. The first-order chi connectivity index (χ1) is 32.8. The van der Waals surface area contributed by atoms with Crippen molar-refractivity contribution in [3.05, 3.63) is 237 Å². The van der Waals surface area contributed by atoms with Crippen LogP contribution < -0.4 is 0 Å². The lowest BCUT2D eigenvalue weighted by atomic mass is 9.84. The normalized spacial score (nSPS) is 11.9. The van der Waals surface area contributed by atoms with Crippen molar-refractivity contribution >= 4 is 96.4 Å². The maximum atomic E-state index is 2.47. The van der Waals surface area contributed by atoms with Crippen molar-refractivity contribution in [1.82, 2.24) is 4.57 Å². The fourth-order valence-corrected chi connectivity index (χ4v) is 12.5. The largest absolute Gasteiger partial charge is 0.309 e. The number of hydrogen-bond donors (Lipinski definition) is 0. The predicted molar refractivity (Wildman–Crippen MR) is 285 cm³/mol. The summed E-state index contributed by atoms with van der Waals surface area (Å²) in [5.41, 5.74) is 13.7. The molecule has 0 radical (unpaired) electrons. The third-order valence-corrected chi connectivity index (χ3v) is 15.2. The minimum atomic E-state index is 1.16. The summed E-state index contributed by atoms with van der Waals surface area (Å²) >= 11 is 1.91. The topological polar surface area (TPSA) is 4.93 Å². The van der Waals surface area contributed by atoms with Crippen molar-refractivity contribution in [1.29, 1.82) is 0 Å². The summed E-state index contributed by atoms with van der Waals surface area (Å²) in [6.07, 6.45) is 0. The van der Waals surface area contributed by atoms with Crippen LogP contribution in [0.3, 0.4) is 0 Å². The molecule has 0 bridgehead atoms. The fraction of sp³-hybridized carbons (Fsp3) is 0. The molecule has 0 unspecified atom stereocenters. The number of benzene rings is 12. The van der Waals surface area contributed by atoms with Gasteiger partial charge in [-0.25, -0.2) is 0 Å². The molecule has 0 atom stereocenters. The summed E-state index contributed by atoms with van der Waals surface area (Å²) in [4.78, 5) is 0. The van der Waals surface area contributed by atoms with Crippen molar-refractivity contribution in [2.24, 2.45) is 0 Å². The summed E-state index contributed by atoms with van der Waals surface area (Å²) in [7, 11) is 0. The lowest BCUT2D eigenvalue weighted by molar-refractivity contribution is 1.18. The summed E-state index contributed by atoms with van der Waals surface area (Å²) in [5.74, 6) is 0. The van der Waals surface area contributed by atoms with Crippen LogP contribution in [-0.2, 0) is 0 Å². The summed E-state index contributed by atoms with van der Waals surface area (Å²) in [6, 6.07) is 87.6. The number of hydrogen-bond acceptors (Lipinski definition) is 1. The van der Waals surface area contributed by atoms with Crippen molar-refractivity contribution in [2.75, 3.05) is 0 Å². The molecule has 0 spiro atoms. The Hall–Kier alpha value is -8.30. The molecular weight excluding hydrogens is 815 g/mol. The molecule has 0 amide bonds. The second-order valence-corrected chi connectivity index (χ2v) is 18.5. The highest BCUT2D eigenvalue weighted by Crippen LogP contribution is 2.51. The number of aromatic nitrogens is 1. The van der Waals surface area contributed by atoms with Gasteiger partial charge in [0.25, 0.3) is 0 Å². The van der Waals surface area contributed by atoms with Crippen LogP contribution >= 0.6 is 11.3 Å². The Kier molecular flexibility index (Phi) is 8.22. The van der Waals surface area contributed by atoms with Crippen LogP contribution in [0.5, 0.6) is 0 Å². The lowest BCUT2D eigenvalue weighted by Gasteiger charge is -2.18. The van der Waals surface area contributed by atoms with E-state index in [0.29, 0.717) is 0 Å². The van der Waals surface area contributed by atoms with Gasteiger partial charge in [-0.05, 0) is 118 Å². The van der Waals surface area contributed by atoms with Gasteiger partial charge in [-0.2, -0.15) is 0 Å². The molecule has 0 saturated heterocycles. The second kappa shape index (κ2) is 14.6. The number of para-hydroxylation sites is 2. The average Bonchev–Trinajstić information content (AvgIpc) is 3.94. The van der Waals surface area contributed by atoms with Gasteiger partial charge in [-0.15, -0.1) is 11.3 Å². The molecule has 0 N–H and O–H groups in total. The Morgan fingerprint density at radius 1 is 0.273 bits per heavy atom. The van der Waals surface area contributed by atoms with E-state index in [-0.39, 0.29) is 0 Å². The third-order valence-electron chi connectivity index (χ3n) is 14.0. The van der Waals surface area contributed by atoms with Gasteiger partial charge in [-0.3, -0.25) is 0 Å². The lowest BCUT2D eigenvalue weighted by Crippen LogP contribution is -1.93. The van der Waals surface area contributed by atoms with Crippen LogP contribution in [-0.4, -0.2) is 4.57 Å². The minimum absolute atomic E-state index is 1.16. The first-order valence-corrected chi connectivity index (χ1v) is 23.6. The maximum absolute atomic E-state index is 2.47. The average molecular weight is 854 g/mol. The molecule has 1 nitrogen and oxygen atoms in total. The molecular formula is C64H39NS. The first-order valence-electron chi connectivity index (χ1n) is 22.8. The van der Waals surface area contributed by atoms with Gasteiger partial charge in [0.05, 0.1) is 11.0 Å². The molecule has 66 heavy (non-hydrogen) atoms. The predicted octanol–water partition coefficient (Wildman–Crippen LogP) is 18.4. The Labute approximate surface area is 385 Å². The summed E-state index contributed by atoms with van der Waals surface area (Å²) in [5, 5.41) is 15.2. The maximum Gasteiger partial charge on any atom is 0.0547 e. The van der Waals surface area contributed by atoms with Crippen LogP contribution in [0, 0.1) is 0 Å². The number of nitrogens with zero attached hydrogens (tertiary/aromatic N) is 1. The van der Waals surface area contributed by atoms with Crippen LogP contribution in [0.2, 0.25) is 0 Å². The highest BCUT2D eigenvalue weighted by atomic mass is 32.1. The minimum Gasteiger partial charge on any atom is -0.309 e. The molecule has 0 aliphatic rings. The standard InChI is InChI=1S/C64H39NS/c1-3-19-40(20-4-1)59-43-23-7-13-29-49(43)62(50-30-14-8-24-44(50)59)54-34-17-32-51-55-39-41(37-38-58(55)66-64(51)54)60-45-25-9-11-27-47(45)61(48-28-12-10-26-46(48)60)53-33-18-36-57-63(53)52-31-15-16-35-56(52)65(57)42-21-5-2-6-22-42/h1-39H. The molecule has 2 heteroatoms. The third kappa shape index (κ3) is 5.40. The second-order valence-electron chi connectivity index (χ2n) is 17.4. The van der Waals surface area contributed by atoms with E-state index >= 15 is 0 Å². The Morgan fingerprint density at radius 2 is 0.712 bits per heavy atom. The smallest absolute Gasteiger partial charge is 0.0547 e. The van der Waals surface area contributed by atoms with Crippen LogP contribution in [0.1, 0.15) is 0 Å². The van der Waals surface area contributed by atoms with E-state index in [1.165, 1.54) is 130 Å². The van der Waals surface area contributed by atoms with Gasteiger partial charge in [0.1, 0.15) is 0 Å². The van der Waals surface area contributed by atoms with Crippen molar-refractivity contribution in [3.63, 3.8) is 0 Å². The number of rotatable bonds is 5. The zero-order valence-electron chi connectivity index (χ0n) is 35.9. The van der Waals surface area contributed by atoms with Gasteiger partial charge in [0.2, 0.25) is 0 Å². The first kappa shape index (κ1) is 37.1. The van der Waals surface area contributed by atoms with Crippen molar-refractivity contribution < 1.29 is 0 Å².